The van der Waals surface area contributed by atoms with Gasteiger partial charge in [0.05, 0.1) is 39.5 Å². The number of rotatable bonds is 7. The van der Waals surface area contributed by atoms with Crippen molar-refractivity contribution >= 4 is 41.7 Å². The van der Waals surface area contributed by atoms with E-state index in [-0.39, 0.29) is 11.9 Å². The lowest BCUT2D eigenvalue weighted by Crippen LogP contribution is -2.37. The molecule has 2 heterocycles. The highest BCUT2D eigenvalue weighted by molar-refractivity contribution is 6.36. The van der Waals surface area contributed by atoms with Gasteiger partial charge in [0.1, 0.15) is 25.4 Å². The van der Waals surface area contributed by atoms with Crippen LogP contribution < -0.4 is 10.6 Å². The molecule has 7 nitrogen and oxygen atoms in total. The van der Waals surface area contributed by atoms with Crippen LogP contribution in [0.5, 0.6) is 0 Å². The maximum absolute atomic E-state index is 13.9. The van der Waals surface area contributed by atoms with E-state index < -0.39 is 5.44 Å². The van der Waals surface area contributed by atoms with E-state index in [0.29, 0.717) is 33.8 Å². The fraction of sp³-hybridized carbons (Fsp3) is 0.357. The standard InChI is InChI=1S/C28H28BClFN7/c1-16-3-2-4-24(16)34-26-17(13-32)14-33-27-22(26)11-20(12-23(27)30)35-28(29,18-5-7-19(31)8-6-18)25-15-38(37-36-25)21-9-10-21/h5-8,11-12,14-16,21,24,35H,2-4,9-10,29H2,1H3,(H,33,34). The normalized spacial score (nSPS) is 20.7. The van der Waals surface area contributed by atoms with Gasteiger partial charge in [0.2, 0.25) is 0 Å². The number of hydrogen-bond acceptors (Lipinski definition) is 6. The SMILES string of the molecule is BC(Nc1cc(Cl)c2ncc(C#N)c(NC3CCCC3C)c2c1)(c1ccc(F)cc1)c1cn(C2CC2)nn1. The van der Waals surface area contributed by atoms with Crippen LogP contribution in [0.3, 0.4) is 0 Å². The van der Waals surface area contributed by atoms with Crippen molar-refractivity contribution in [2.24, 2.45) is 5.92 Å². The predicted molar refractivity (Wildman–Crippen MR) is 150 cm³/mol. The van der Waals surface area contributed by atoms with Crippen LogP contribution in [0.4, 0.5) is 15.8 Å². The summed E-state index contributed by atoms with van der Waals surface area (Å²) in [7, 11) is 2.00. The Morgan fingerprint density at radius 2 is 1.97 bits per heavy atom. The number of pyridine rings is 1. The highest BCUT2D eigenvalue weighted by Crippen LogP contribution is 2.39. The summed E-state index contributed by atoms with van der Waals surface area (Å²) in [5.74, 6) is 0.204. The molecule has 0 saturated heterocycles. The fourth-order valence-electron chi connectivity index (χ4n) is 5.50. The van der Waals surface area contributed by atoms with Gasteiger partial charge in [-0.05, 0) is 61.4 Å². The van der Waals surface area contributed by atoms with Crippen LogP contribution in [0.15, 0.2) is 48.8 Å². The summed E-state index contributed by atoms with van der Waals surface area (Å²) < 4.78 is 15.8. The van der Waals surface area contributed by atoms with Gasteiger partial charge >= 0.3 is 0 Å². The Kier molecular flexibility index (Phi) is 6.23. The monoisotopic (exact) mass is 527 g/mol. The van der Waals surface area contributed by atoms with E-state index in [1.807, 2.05) is 30.9 Å². The minimum atomic E-state index is -0.828. The second-order valence-electron chi connectivity index (χ2n) is 10.7. The Balaban J connectivity index is 1.45. The van der Waals surface area contributed by atoms with E-state index in [9.17, 15) is 9.65 Å². The molecule has 2 aromatic carbocycles. The molecule has 3 unspecified atom stereocenters. The number of anilines is 2. The predicted octanol–water partition coefficient (Wildman–Crippen LogP) is 5.37. The zero-order valence-electron chi connectivity index (χ0n) is 21.4. The number of nitrogens with one attached hydrogen (secondary N) is 2. The summed E-state index contributed by atoms with van der Waals surface area (Å²) in [5, 5.41) is 27.3. The number of nitrogens with zero attached hydrogens (tertiary/aromatic N) is 5. The molecule has 6 rings (SSSR count). The number of hydrogen-bond donors (Lipinski definition) is 2. The molecule has 192 valence electrons. The first-order chi connectivity index (χ1) is 18.4. The first kappa shape index (κ1) is 24.7. The van der Waals surface area contributed by atoms with Gasteiger partial charge in [-0.15, -0.1) is 5.10 Å². The third kappa shape index (κ3) is 4.47. The minimum absolute atomic E-state index is 0.282. The Hall–Kier alpha value is -3.64. The molecule has 0 aliphatic heterocycles. The van der Waals surface area contributed by atoms with Gasteiger partial charge in [0, 0.05) is 23.3 Å². The smallest absolute Gasteiger partial charge is 0.148 e. The number of nitriles is 1. The first-order valence-electron chi connectivity index (χ1n) is 13.1. The van der Waals surface area contributed by atoms with Gasteiger partial charge in [0.25, 0.3) is 0 Å². The van der Waals surface area contributed by atoms with Crippen molar-refractivity contribution in [2.75, 3.05) is 10.6 Å². The van der Waals surface area contributed by atoms with E-state index in [2.05, 4.69) is 38.9 Å². The molecular weight excluding hydrogens is 500 g/mol. The minimum Gasteiger partial charge on any atom is -0.380 e. The van der Waals surface area contributed by atoms with Crippen LogP contribution in [0.25, 0.3) is 10.9 Å². The lowest BCUT2D eigenvalue weighted by atomic mass is 9.69. The van der Waals surface area contributed by atoms with Gasteiger partial charge in [-0.2, -0.15) is 5.26 Å². The van der Waals surface area contributed by atoms with Gasteiger partial charge in [-0.3, -0.25) is 4.98 Å². The average molecular weight is 528 g/mol. The lowest BCUT2D eigenvalue weighted by Gasteiger charge is -2.31. The van der Waals surface area contributed by atoms with E-state index in [0.717, 1.165) is 54.4 Å². The Labute approximate surface area is 226 Å². The molecule has 3 atom stereocenters. The van der Waals surface area contributed by atoms with Crippen LogP contribution >= 0.6 is 11.6 Å². The molecule has 2 fully saturated rings. The fourth-order valence-corrected chi connectivity index (χ4v) is 5.76. The summed E-state index contributed by atoms with van der Waals surface area (Å²) in [6, 6.07) is 13.2. The van der Waals surface area contributed by atoms with Gasteiger partial charge in [0.15, 0.2) is 0 Å². The van der Waals surface area contributed by atoms with Crippen molar-refractivity contribution in [3.63, 3.8) is 0 Å². The molecular formula is C28H28BClFN7. The first-order valence-corrected chi connectivity index (χ1v) is 13.5. The molecule has 0 bridgehead atoms. The molecule has 2 aliphatic rings. The molecule has 10 heteroatoms. The average Bonchev–Trinajstić information content (AvgIpc) is 3.49. The summed E-state index contributed by atoms with van der Waals surface area (Å²) in [6.07, 6.45) is 9.10. The number of aromatic nitrogens is 4. The maximum Gasteiger partial charge on any atom is 0.148 e. The highest BCUT2D eigenvalue weighted by Gasteiger charge is 2.35. The molecule has 0 amide bonds. The largest absolute Gasteiger partial charge is 0.380 e. The van der Waals surface area contributed by atoms with E-state index in [1.165, 1.54) is 12.1 Å². The van der Waals surface area contributed by atoms with Crippen molar-refractivity contribution in [2.45, 2.75) is 56.5 Å². The zero-order chi connectivity index (χ0) is 26.4. The van der Waals surface area contributed by atoms with E-state index in [4.69, 9.17) is 11.6 Å². The van der Waals surface area contributed by atoms with Gasteiger partial charge in [-0.1, -0.05) is 42.3 Å². The topological polar surface area (TPSA) is 91.5 Å². The number of fused-ring (bicyclic) bond motifs is 1. The summed E-state index contributed by atoms with van der Waals surface area (Å²) in [6.45, 7) is 2.24. The maximum atomic E-state index is 13.9. The lowest BCUT2D eigenvalue weighted by molar-refractivity contribution is 0.556. The van der Waals surface area contributed by atoms with Crippen molar-refractivity contribution in [3.05, 3.63) is 76.5 Å². The van der Waals surface area contributed by atoms with Crippen molar-refractivity contribution < 1.29 is 4.39 Å². The quantitative estimate of drug-likeness (QED) is 0.314. The molecule has 2 N–H and O–H groups in total. The van der Waals surface area contributed by atoms with Crippen LogP contribution in [0.1, 0.15) is 61.9 Å². The van der Waals surface area contributed by atoms with Crippen LogP contribution in [0, 0.1) is 23.1 Å². The Morgan fingerprint density at radius 3 is 2.66 bits per heavy atom. The third-order valence-corrected chi connectivity index (χ3v) is 8.28. The molecule has 2 aromatic heterocycles. The second kappa shape index (κ2) is 9.59. The van der Waals surface area contributed by atoms with Crippen LogP contribution in [0.2, 0.25) is 5.02 Å². The molecule has 0 radical (unpaired) electrons. The zero-order valence-corrected chi connectivity index (χ0v) is 22.1. The highest BCUT2D eigenvalue weighted by atomic mass is 35.5. The third-order valence-electron chi connectivity index (χ3n) is 8.00. The summed E-state index contributed by atoms with van der Waals surface area (Å²) >= 11 is 6.78. The summed E-state index contributed by atoms with van der Waals surface area (Å²) in [4.78, 5) is 4.51. The molecule has 2 saturated carbocycles. The Bertz CT molecular complexity index is 1550. The molecule has 2 aliphatic carbocycles. The van der Waals surface area contributed by atoms with Crippen molar-refractivity contribution in [3.8, 4) is 6.07 Å². The second-order valence-corrected chi connectivity index (χ2v) is 11.2. The number of benzene rings is 2. The van der Waals surface area contributed by atoms with Crippen LogP contribution in [-0.4, -0.2) is 33.9 Å². The molecule has 4 aromatic rings. The number of halogens is 2. The Morgan fingerprint density at radius 1 is 1.18 bits per heavy atom. The van der Waals surface area contributed by atoms with Crippen LogP contribution in [-0.2, 0) is 5.44 Å². The van der Waals surface area contributed by atoms with E-state index in [1.54, 1.807) is 18.3 Å². The van der Waals surface area contributed by atoms with E-state index >= 15 is 0 Å². The van der Waals surface area contributed by atoms with Gasteiger partial charge in [-0.25, -0.2) is 9.07 Å². The van der Waals surface area contributed by atoms with Crippen molar-refractivity contribution in [1.29, 1.82) is 5.26 Å². The summed E-state index contributed by atoms with van der Waals surface area (Å²) in [5.41, 5.74) is 3.33. The van der Waals surface area contributed by atoms with Gasteiger partial charge < -0.3 is 10.6 Å². The van der Waals surface area contributed by atoms with Crippen molar-refractivity contribution in [1.82, 2.24) is 20.0 Å². The molecule has 0 spiro atoms. The molecule has 38 heavy (non-hydrogen) atoms.